The van der Waals surface area contributed by atoms with Gasteiger partial charge in [0.1, 0.15) is 6.61 Å². The molecular weight excluding hydrogens is 452 g/mol. The van der Waals surface area contributed by atoms with Crippen molar-refractivity contribution in [2.24, 2.45) is 5.16 Å². The van der Waals surface area contributed by atoms with Gasteiger partial charge in [0.05, 0.1) is 18.3 Å². The van der Waals surface area contributed by atoms with Gasteiger partial charge >= 0.3 is 0 Å². The van der Waals surface area contributed by atoms with E-state index in [4.69, 9.17) is 25.9 Å². The molecule has 4 rings (SSSR count). The van der Waals surface area contributed by atoms with Gasteiger partial charge in [0.15, 0.2) is 18.1 Å². The van der Waals surface area contributed by atoms with Gasteiger partial charge in [-0.25, -0.2) is 0 Å². The molecule has 0 aliphatic rings. The van der Waals surface area contributed by atoms with E-state index in [2.05, 4.69) is 28.7 Å². The van der Waals surface area contributed by atoms with E-state index in [9.17, 15) is 4.79 Å². The van der Waals surface area contributed by atoms with E-state index in [0.717, 1.165) is 16.3 Å². The van der Waals surface area contributed by atoms with E-state index in [1.165, 1.54) is 6.21 Å². The maximum atomic E-state index is 11.9. The molecule has 0 radical (unpaired) electrons. The fourth-order valence-electron chi connectivity index (χ4n) is 3.44. The highest BCUT2D eigenvalue weighted by Gasteiger charge is 2.13. The summed E-state index contributed by atoms with van der Waals surface area (Å²) in [6, 6.07) is 26.8. The lowest BCUT2D eigenvalue weighted by molar-refractivity contribution is -0.120. The van der Waals surface area contributed by atoms with Gasteiger partial charge in [-0.05, 0) is 40.6 Å². The van der Waals surface area contributed by atoms with Crippen LogP contribution < -0.4 is 14.8 Å². The van der Waals surface area contributed by atoms with Gasteiger partial charge in [0.2, 0.25) is 0 Å². The number of carbonyl (C=O) groups is 1. The molecule has 0 atom stereocenters. The maximum absolute atomic E-state index is 11.9. The van der Waals surface area contributed by atoms with E-state index < -0.39 is 0 Å². The van der Waals surface area contributed by atoms with Crippen molar-refractivity contribution >= 4 is 40.2 Å². The number of amides is 1. The summed E-state index contributed by atoms with van der Waals surface area (Å²) in [6.07, 6.45) is 1.46. The Morgan fingerprint density at radius 1 is 1.00 bits per heavy atom. The normalized spacial score (nSPS) is 10.9. The molecule has 0 heterocycles. The van der Waals surface area contributed by atoms with Crippen LogP contribution in [0.25, 0.3) is 10.8 Å². The number of ether oxygens (including phenoxy) is 2. The molecule has 0 fully saturated rings. The molecule has 0 saturated carbocycles. The zero-order chi connectivity index (χ0) is 23.8. The van der Waals surface area contributed by atoms with Crippen LogP contribution in [0.15, 0.2) is 90.1 Å². The van der Waals surface area contributed by atoms with E-state index >= 15 is 0 Å². The van der Waals surface area contributed by atoms with Crippen molar-refractivity contribution in [2.75, 3.05) is 19.0 Å². The molecule has 1 amide bonds. The van der Waals surface area contributed by atoms with Gasteiger partial charge in [-0.15, -0.1) is 0 Å². The fourth-order valence-corrected chi connectivity index (χ4v) is 3.71. The van der Waals surface area contributed by atoms with Crippen LogP contribution in [0.5, 0.6) is 11.5 Å². The molecule has 0 unspecified atom stereocenters. The molecule has 34 heavy (non-hydrogen) atoms. The van der Waals surface area contributed by atoms with Crippen LogP contribution in [0, 0.1) is 0 Å². The number of hydrogen-bond donors (Lipinski definition) is 1. The molecular formula is C27H23ClN2O4. The molecule has 0 aliphatic carbocycles. The number of carbonyl (C=O) groups excluding carboxylic acids is 1. The number of hydrogen-bond acceptors (Lipinski definition) is 5. The summed E-state index contributed by atoms with van der Waals surface area (Å²) >= 11 is 6.48. The Balaban J connectivity index is 1.39. The van der Waals surface area contributed by atoms with Crippen molar-refractivity contribution in [3.05, 3.63) is 101 Å². The first-order valence-corrected chi connectivity index (χ1v) is 11.0. The number of methoxy groups -OCH3 is 1. The lowest BCUT2D eigenvalue weighted by Gasteiger charge is -2.14. The van der Waals surface area contributed by atoms with Crippen LogP contribution in [-0.4, -0.2) is 25.8 Å². The monoisotopic (exact) mass is 474 g/mol. The van der Waals surface area contributed by atoms with Crippen LogP contribution >= 0.6 is 11.6 Å². The lowest BCUT2D eigenvalue weighted by atomic mass is 10.1. The minimum absolute atomic E-state index is 0.220. The van der Waals surface area contributed by atoms with E-state index in [1.54, 1.807) is 31.4 Å². The van der Waals surface area contributed by atoms with Crippen LogP contribution in [0.4, 0.5) is 5.69 Å². The molecule has 6 nitrogen and oxygen atoms in total. The zero-order valence-corrected chi connectivity index (χ0v) is 19.3. The largest absolute Gasteiger partial charge is 0.493 e. The van der Waals surface area contributed by atoms with Crippen LogP contribution in [0.1, 0.15) is 11.1 Å². The predicted octanol–water partition coefficient (Wildman–Crippen LogP) is 6.07. The van der Waals surface area contributed by atoms with Crippen LogP contribution in [-0.2, 0) is 16.2 Å². The van der Waals surface area contributed by atoms with Crippen LogP contribution in [0.2, 0.25) is 5.02 Å². The van der Waals surface area contributed by atoms with Crippen molar-refractivity contribution < 1.29 is 19.1 Å². The Morgan fingerprint density at radius 3 is 2.59 bits per heavy atom. The molecule has 0 aromatic heterocycles. The van der Waals surface area contributed by atoms with Gasteiger partial charge in [-0.1, -0.05) is 77.4 Å². The van der Waals surface area contributed by atoms with Gasteiger partial charge in [-0.2, -0.15) is 0 Å². The highest BCUT2D eigenvalue weighted by atomic mass is 35.5. The molecule has 4 aromatic carbocycles. The number of nitrogens with one attached hydrogen (secondary N) is 1. The second-order valence-electron chi connectivity index (χ2n) is 7.38. The van der Waals surface area contributed by atoms with Gasteiger partial charge in [0.25, 0.3) is 5.91 Å². The van der Waals surface area contributed by atoms with Crippen molar-refractivity contribution in [3.63, 3.8) is 0 Å². The molecule has 1 N–H and O–H groups in total. The van der Waals surface area contributed by atoms with E-state index in [-0.39, 0.29) is 12.5 Å². The molecule has 7 heteroatoms. The number of fused-ring (bicyclic) bond motifs is 1. The third-order valence-corrected chi connectivity index (χ3v) is 5.31. The second kappa shape index (κ2) is 11.2. The molecule has 0 spiro atoms. The zero-order valence-electron chi connectivity index (χ0n) is 18.5. The fraction of sp³-hybridized carbons (Fsp3) is 0.111. The quantitative estimate of drug-likeness (QED) is 0.236. The second-order valence-corrected chi connectivity index (χ2v) is 7.79. The van der Waals surface area contributed by atoms with Crippen LogP contribution in [0.3, 0.4) is 0 Å². The molecule has 0 aliphatic heterocycles. The average Bonchev–Trinajstić information content (AvgIpc) is 2.86. The first-order valence-electron chi connectivity index (χ1n) is 10.6. The lowest BCUT2D eigenvalue weighted by Crippen LogP contribution is -2.16. The van der Waals surface area contributed by atoms with E-state index in [0.29, 0.717) is 34.4 Å². The number of rotatable bonds is 9. The highest BCUT2D eigenvalue weighted by Crippen LogP contribution is 2.37. The van der Waals surface area contributed by atoms with Crippen molar-refractivity contribution in [2.45, 2.75) is 6.61 Å². The molecule has 172 valence electrons. The Morgan fingerprint density at radius 2 is 1.76 bits per heavy atom. The summed E-state index contributed by atoms with van der Waals surface area (Å²) in [5.41, 5.74) is 2.38. The molecule has 4 aromatic rings. The number of oxime groups is 1. The Kier molecular flexibility index (Phi) is 7.63. The molecule has 0 bridgehead atoms. The number of benzene rings is 4. The summed E-state index contributed by atoms with van der Waals surface area (Å²) in [7, 11) is 1.54. The van der Waals surface area contributed by atoms with Gasteiger partial charge < -0.3 is 19.6 Å². The summed E-state index contributed by atoms with van der Waals surface area (Å²) in [5, 5.41) is 9.22. The minimum Gasteiger partial charge on any atom is -0.493 e. The summed E-state index contributed by atoms with van der Waals surface area (Å²) in [6.45, 7) is 0.118. The standard InChI is InChI=1S/C27H23ClN2O4/c1-32-25-15-19(16-29-34-18-26(31)30-22-11-3-2-4-12-22)14-24(28)27(25)33-17-21-10-7-9-20-8-5-6-13-23(20)21/h2-16H,17-18H2,1H3,(H,30,31). The van der Waals surface area contributed by atoms with Gasteiger partial charge in [-0.3, -0.25) is 4.79 Å². The third-order valence-electron chi connectivity index (χ3n) is 5.03. The number of anilines is 1. The Labute approximate surface area is 202 Å². The SMILES string of the molecule is COc1cc(C=NOCC(=O)Nc2ccccc2)cc(Cl)c1OCc1cccc2ccccc12. The highest BCUT2D eigenvalue weighted by molar-refractivity contribution is 6.32. The Bertz CT molecular complexity index is 1300. The molecule has 0 saturated heterocycles. The first-order chi connectivity index (χ1) is 16.6. The number of halogens is 1. The number of nitrogens with zero attached hydrogens (tertiary/aromatic N) is 1. The third kappa shape index (κ3) is 5.85. The maximum Gasteiger partial charge on any atom is 0.265 e. The number of para-hydroxylation sites is 1. The summed E-state index contributed by atoms with van der Waals surface area (Å²) < 4.78 is 11.5. The van der Waals surface area contributed by atoms with E-state index in [1.807, 2.05) is 42.5 Å². The van der Waals surface area contributed by atoms with Crippen molar-refractivity contribution in [3.8, 4) is 11.5 Å². The topological polar surface area (TPSA) is 69.2 Å². The van der Waals surface area contributed by atoms with Gasteiger partial charge in [0, 0.05) is 11.3 Å². The summed E-state index contributed by atoms with van der Waals surface area (Å²) in [5.74, 6) is 0.601. The average molecular weight is 475 g/mol. The summed E-state index contributed by atoms with van der Waals surface area (Å²) in [4.78, 5) is 17.0. The minimum atomic E-state index is -0.309. The predicted molar refractivity (Wildman–Crippen MR) is 135 cm³/mol. The smallest absolute Gasteiger partial charge is 0.265 e. The van der Waals surface area contributed by atoms with Crippen molar-refractivity contribution in [1.29, 1.82) is 0 Å². The first kappa shape index (κ1) is 23.1. The Hall–Kier alpha value is -4.03. The van der Waals surface area contributed by atoms with Crippen molar-refractivity contribution in [1.82, 2.24) is 0 Å².